The highest BCUT2D eigenvalue weighted by atomic mass is 16.2. The van der Waals surface area contributed by atoms with Crippen LogP contribution in [0.4, 0.5) is 0 Å². The van der Waals surface area contributed by atoms with Gasteiger partial charge in [-0.2, -0.15) is 0 Å². The lowest BCUT2D eigenvalue weighted by molar-refractivity contribution is -0.885. The molecule has 0 aliphatic carbocycles. The third-order valence-corrected chi connectivity index (χ3v) is 3.11. The van der Waals surface area contributed by atoms with Gasteiger partial charge in [-0.3, -0.25) is 9.59 Å². The molecular formula is C16H26N3O2+. The van der Waals surface area contributed by atoms with Gasteiger partial charge in [0.25, 0.3) is 5.91 Å². The predicted molar refractivity (Wildman–Crippen MR) is 82.9 cm³/mol. The minimum atomic E-state index is -0.138. The van der Waals surface area contributed by atoms with Crippen LogP contribution >= 0.6 is 0 Å². The monoisotopic (exact) mass is 292 g/mol. The molecule has 0 aliphatic rings. The molecule has 1 aromatic rings. The summed E-state index contributed by atoms with van der Waals surface area (Å²) in [5.74, 6) is -0.243. The number of likely N-dealkylation sites (N-methyl/N-ethyl adjacent to an activating group) is 1. The average Bonchev–Trinajstić information content (AvgIpc) is 2.45. The van der Waals surface area contributed by atoms with Crippen molar-refractivity contribution in [1.82, 2.24) is 10.6 Å². The molecule has 116 valence electrons. The number of hydrogen-bond acceptors (Lipinski definition) is 2. The van der Waals surface area contributed by atoms with Crippen molar-refractivity contribution >= 4 is 11.8 Å². The zero-order chi connectivity index (χ0) is 15.7. The number of carbonyl (C=O) groups is 2. The Balaban J connectivity index is 2.27. The fraction of sp³-hybridized carbons (Fsp3) is 0.500. The van der Waals surface area contributed by atoms with Crippen LogP contribution in [0.1, 0.15) is 24.5 Å². The van der Waals surface area contributed by atoms with Gasteiger partial charge in [0.1, 0.15) is 6.54 Å². The van der Waals surface area contributed by atoms with E-state index >= 15 is 0 Å². The van der Waals surface area contributed by atoms with Crippen molar-refractivity contribution in [2.24, 2.45) is 0 Å². The van der Waals surface area contributed by atoms with E-state index in [-0.39, 0.29) is 18.4 Å². The van der Waals surface area contributed by atoms with Crippen LogP contribution < -0.4 is 15.5 Å². The van der Waals surface area contributed by atoms with Crippen LogP contribution in [0.3, 0.4) is 0 Å². The van der Waals surface area contributed by atoms with Crippen LogP contribution in [-0.4, -0.2) is 38.5 Å². The summed E-state index contributed by atoms with van der Waals surface area (Å²) in [5.41, 5.74) is 2.43. The first kappa shape index (κ1) is 17.2. The summed E-state index contributed by atoms with van der Waals surface area (Å²) in [6, 6.07) is 8.30. The molecule has 1 atom stereocenters. The van der Waals surface area contributed by atoms with Crippen molar-refractivity contribution in [3.05, 3.63) is 35.4 Å². The second-order valence-electron chi connectivity index (χ2n) is 5.42. The van der Waals surface area contributed by atoms with Crippen molar-refractivity contribution in [2.75, 3.05) is 26.7 Å². The van der Waals surface area contributed by atoms with E-state index in [0.717, 1.165) is 17.9 Å². The third kappa shape index (κ3) is 7.46. The first-order valence-electron chi connectivity index (χ1n) is 7.41. The van der Waals surface area contributed by atoms with Gasteiger partial charge in [-0.25, -0.2) is 0 Å². The highest BCUT2D eigenvalue weighted by molar-refractivity contribution is 5.84. The highest BCUT2D eigenvalue weighted by Crippen LogP contribution is 2.00. The molecule has 0 spiro atoms. The number of quaternary nitrogens is 1. The molecule has 0 radical (unpaired) electrons. The van der Waals surface area contributed by atoms with Gasteiger partial charge in [-0.1, -0.05) is 36.8 Å². The molecule has 0 heterocycles. The second kappa shape index (κ2) is 9.13. The van der Waals surface area contributed by atoms with Crippen molar-refractivity contribution in [3.63, 3.8) is 0 Å². The van der Waals surface area contributed by atoms with Crippen LogP contribution in [0.25, 0.3) is 0 Å². The zero-order valence-corrected chi connectivity index (χ0v) is 13.2. The fourth-order valence-corrected chi connectivity index (χ4v) is 1.96. The number of amides is 2. The summed E-state index contributed by atoms with van der Waals surface area (Å²) >= 11 is 0. The maximum Gasteiger partial charge on any atom is 0.275 e. The van der Waals surface area contributed by atoms with Crippen molar-refractivity contribution in [1.29, 1.82) is 0 Å². The van der Waals surface area contributed by atoms with Gasteiger partial charge >= 0.3 is 0 Å². The normalized spacial score (nSPS) is 11.8. The van der Waals surface area contributed by atoms with Crippen molar-refractivity contribution in [3.8, 4) is 0 Å². The van der Waals surface area contributed by atoms with E-state index in [4.69, 9.17) is 0 Å². The first-order valence-corrected chi connectivity index (χ1v) is 7.41. The Kier molecular flexibility index (Phi) is 7.46. The summed E-state index contributed by atoms with van der Waals surface area (Å²) in [7, 11) is 1.97. The predicted octanol–water partition coefficient (Wildman–Crippen LogP) is -0.348. The maximum atomic E-state index is 11.8. The molecule has 3 N–H and O–H groups in total. The summed E-state index contributed by atoms with van der Waals surface area (Å²) in [6.45, 7) is 5.88. The first-order chi connectivity index (χ1) is 10.0. The topological polar surface area (TPSA) is 62.6 Å². The maximum absolute atomic E-state index is 11.8. The van der Waals surface area contributed by atoms with Crippen LogP contribution in [0.5, 0.6) is 0 Å². The van der Waals surface area contributed by atoms with E-state index in [2.05, 4.69) is 41.8 Å². The number of hydrogen-bond donors (Lipinski definition) is 3. The molecule has 0 saturated heterocycles. The van der Waals surface area contributed by atoms with E-state index in [1.807, 2.05) is 14.0 Å². The van der Waals surface area contributed by atoms with E-state index < -0.39 is 0 Å². The molecule has 1 unspecified atom stereocenters. The molecule has 0 fully saturated rings. The van der Waals surface area contributed by atoms with Gasteiger partial charge < -0.3 is 15.5 Å². The minimum Gasteiger partial charge on any atom is -0.355 e. The van der Waals surface area contributed by atoms with Gasteiger partial charge in [0.15, 0.2) is 6.54 Å². The Morgan fingerprint density at radius 3 is 2.38 bits per heavy atom. The lowest BCUT2D eigenvalue weighted by Gasteiger charge is -2.14. The minimum absolute atomic E-state index is 0.0522. The second-order valence-corrected chi connectivity index (χ2v) is 5.42. The molecule has 0 aliphatic heterocycles. The number of carbonyl (C=O) groups excluding carboxylic acids is 2. The zero-order valence-electron chi connectivity index (χ0n) is 13.2. The van der Waals surface area contributed by atoms with Gasteiger partial charge in [0, 0.05) is 12.1 Å². The molecular weight excluding hydrogens is 266 g/mol. The van der Waals surface area contributed by atoms with Crippen molar-refractivity contribution < 1.29 is 14.5 Å². The average molecular weight is 292 g/mol. The van der Waals surface area contributed by atoms with Gasteiger partial charge in [0.05, 0.1) is 13.6 Å². The molecule has 5 heteroatoms. The van der Waals surface area contributed by atoms with Gasteiger partial charge in [-0.15, -0.1) is 0 Å². The standard InChI is InChI=1S/C16H25N3O2/c1-4-9-17-15(20)10-18-16(21)12-19(3)11-14-7-5-13(2)6-8-14/h5-8H,4,9-12H2,1-3H3,(H,17,20)(H,18,21)/p+1. The largest absolute Gasteiger partial charge is 0.355 e. The Hall–Kier alpha value is -1.88. The smallest absolute Gasteiger partial charge is 0.275 e. The summed E-state index contributed by atoms with van der Waals surface area (Å²) in [5, 5.41) is 5.37. The number of rotatable bonds is 8. The molecule has 21 heavy (non-hydrogen) atoms. The Bertz CT molecular complexity index is 457. The van der Waals surface area contributed by atoms with E-state index in [1.165, 1.54) is 11.1 Å². The van der Waals surface area contributed by atoms with E-state index in [9.17, 15) is 9.59 Å². The summed E-state index contributed by atoms with van der Waals surface area (Å²) in [6.07, 6.45) is 0.892. The summed E-state index contributed by atoms with van der Waals surface area (Å²) in [4.78, 5) is 24.2. The SMILES string of the molecule is CCCNC(=O)CNC(=O)C[NH+](C)Cc1ccc(C)cc1. The highest BCUT2D eigenvalue weighted by Gasteiger charge is 2.11. The van der Waals surface area contributed by atoms with E-state index in [1.54, 1.807) is 0 Å². The van der Waals surface area contributed by atoms with Crippen LogP contribution in [0.2, 0.25) is 0 Å². The Morgan fingerprint density at radius 1 is 1.10 bits per heavy atom. The third-order valence-electron chi connectivity index (χ3n) is 3.11. The Labute approximate surface area is 126 Å². The lowest BCUT2D eigenvalue weighted by atomic mass is 10.1. The van der Waals surface area contributed by atoms with Gasteiger partial charge in [0.2, 0.25) is 5.91 Å². The molecule has 2 amide bonds. The molecule has 1 aromatic carbocycles. The Morgan fingerprint density at radius 2 is 1.76 bits per heavy atom. The lowest BCUT2D eigenvalue weighted by Crippen LogP contribution is -3.08. The van der Waals surface area contributed by atoms with Crippen LogP contribution in [-0.2, 0) is 16.1 Å². The molecule has 5 nitrogen and oxygen atoms in total. The summed E-state index contributed by atoms with van der Waals surface area (Å²) < 4.78 is 0. The number of aryl methyl sites for hydroxylation is 1. The number of benzene rings is 1. The van der Waals surface area contributed by atoms with Crippen LogP contribution in [0.15, 0.2) is 24.3 Å². The molecule has 0 bridgehead atoms. The number of nitrogens with one attached hydrogen (secondary N) is 3. The molecule has 0 saturated carbocycles. The fourth-order valence-electron chi connectivity index (χ4n) is 1.96. The molecule has 0 aromatic heterocycles. The van der Waals surface area contributed by atoms with Crippen molar-refractivity contribution in [2.45, 2.75) is 26.8 Å². The van der Waals surface area contributed by atoms with Crippen LogP contribution in [0, 0.1) is 6.92 Å². The van der Waals surface area contributed by atoms with E-state index in [0.29, 0.717) is 13.1 Å². The quantitative estimate of drug-likeness (QED) is 0.613. The van der Waals surface area contributed by atoms with Gasteiger partial charge in [-0.05, 0) is 13.3 Å². The molecule has 1 rings (SSSR count).